The molecule has 2 fully saturated rings. The molecule has 0 aromatic heterocycles. The summed E-state index contributed by atoms with van der Waals surface area (Å²) in [6.45, 7) is -0.0269. The number of hydrogen-bond donors (Lipinski definition) is 2. The van der Waals surface area contributed by atoms with Gasteiger partial charge in [0.05, 0.1) is 58.4 Å². The van der Waals surface area contributed by atoms with Crippen LogP contribution in [-0.4, -0.2) is 97.3 Å². The van der Waals surface area contributed by atoms with E-state index in [1.165, 1.54) is 40.6 Å². The fourth-order valence-electron chi connectivity index (χ4n) is 7.30. The third-order valence-corrected chi connectivity index (χ3v) is 10.0. The Bertz CT molecular complexity index is 1780. The minimum Gasteiger partial charge on any atom is -0.497 e. The second-order valence-electron chi connectivity index (χ2n) is 12.2. The number of hydrogen-bond acceptors (Lipinski definition) is 14. The van der Waals surface area contributed by atoms with Crippen molar-refractivity contribution in [3.63, 3.8) is 0 Å². The second-order valence-corrected chi connectivity index (χ2v) is 13.9. The largest absolute Gasteiger partial charge is 0.497 e. The molecule has 1 saturated heterocycles. The zero-order chi connectivity index (χ0) is 35.8. The first kappa shape index (κ1) is 35.9. The number of benzene rings is 3. The summed E-state index contributed by atoms with van der Waals surface area (Å²) in [5.41, 5.74) is -2.90. The first-order valence-corrected chi connectivity index (χ1v) is 17.6. The lowest BCUT2D eigenvalue weighted by molar-refractivity contribution is -0.313. The van der Waals surface area contributed by atoms with Crippen molar-refractivity contribution in [2.45, 2.75) is 48.3 Å². The number of fused-ring (bicyclic) bond motifs is 3. The summed E-state index contributed by atoms with van der Waals surface area (Å²) >= 11 is 0. The second kappa shape index (κ2) is 14.0. The summed E-state index contributed by atoms with van der Waals surface area (Å²) in [6, 6.07) is 18.8. The van der Waals surface area contributed by atoms with Crippen LogP contribution in [0.1, 0.15) is 29.0 Å². The molecule has 6 rings (SSSR count). The summed E-state index contributed by atoms with van der Waals surface area (Å²) in [5, 5.41) is 25.2. The van der Waals surface area contributed by atoms with E-state index in [9.17, 15) is 23.4 Å². The number of carbonyl (C=O) groups is 1. The highest BCUT2D eigenvalue weighted by atomic mass is 32.2. The predicted molar refractivity (Wildman–Crippen MR) is 174 cm³/mol. The number of carbonyl (C=O) groups excluding carboxylic acids is 1. The summed E-state index contributed by atoms with van der Waals surface area (Å²) in [6.07, 6.45) is -3.24. The fraction of sp³-hybridized carbons (Fsp3) is 0.457. The van der Waals surface area contributed by atoms with Crippen molar-refractivity contribution in [2.75, 3.05) is 47.9 Å². The molecule has 15 heteroatoms. The lowest BCUT2D eigenvalue weighted by Crippen LogP contribution is -2.52. The van der Waals surface area contributed by atoms with Crippen molar-refractivity contribution in [3.05, 3.63) is 83.4 Å². The Labute approximate surface area is 289 Å². The summed E-state index contributed by atoms with van der Waals surface area (Å²) in [5.74, 6) is -2.03. The monoisotopic (exact) mass is 716 g/mol. The molecule has 3 aromatic rings. The van der Waals surface area contributed by atoms with Gasteiger partial charge in [-0.05, 0) is 23.3 Å². The fourth-order valence-corrected chi connectivity index (χ4v) is 7.70. The quantitative estimate of drug-likeness (QED) is 0.207. The van der Waals surface area contributed by atoms with Gasteiger partial charge in [-0.15, -0.1) is 0 Å². The molecule has 270 valence electrons. The molecule has 3 aromatic carbocycles. The van der Waals surface area contributed by atoms with Gasteiger partial charge in [0.25, 0.3) is 16.4 Å². The van der Waals surface area contributed by atoms with Gasteiger partial charge in [0, 0.05) is 31.6 Å². The number of methoxy groups -OCH3 is 4. The highest BCUT2D eigenvalue weighted by Crippen LogP contribution is 2.70. The van der Waals surface area contributed by atoms with Crippen molar-refractivity contribution >= 4 is 16.1 Å². The van der Waals surface area contributed by atoms with Gasteiger partial charge in [0.1, 0.15) is 29.1 Å². The van der Waals surface area contributed by atoms with Crippen LogP contribution in [0, 0.1) is 5.92 Å². The maximum Gasteiger partial charge on any atom is 0.312 e. The number of ether oxygens (including phenoxy) is 8. The standard InChI is InChI=1S/C35H40O14S/c1-41-22-13-11-21(12-14-22)35-28(20-9-7-6-8-10-20)27(31(37)43-3)30(36)34(35,38)29-25(42-2)17-24(18-26(29)49-35)48-33-32(44-4)45-19-23(47-33)15-16-46-50(5,39)40/h6-14,17-18,23,27-28,30,32-33,36,38H,15-16,19H2,1-5H3/t23-,27-,28+,30-,32+,33-,34-,35+/m0/s1. The van der Waals surface area contributed by atoms with E-state index in [-0.39, 0.29) is 42.4 Å². The Morgan fingerprint density at radius 3 is 2.30 bits per heavy atom. The van der Waals surface area contributed by atoms with E-state index in [4.69, 9.17) is 42.1 Å². The molecule has 1 aliphatic carbocycles. The van der Waals surface area contributed by atoms with Crippen LogP contribution < -0.4 is 18.9 Å². The van der Waals surface area contributed by atoms with E-state index >= 15 is 0 Å². The van der Waals surface area contributed by atoms with Gasteiger partial charge in [-0.3, -0.25) is 8.98 Å². The topological polar surface area (TPSA) is 175 Å². The van der Waals surface area contributed by atoms with Crippen LogP contribution in [0.2, 0.25) is 0 Å². The smallest absolute Gasteiger partial charge is 0.312 e. The molecule has 8 atom stereocenters. The molecular formula is C35H40O14S. The van der Waals surface area contributed by atoms with Crippen LogP contribution in [0.5, 0.6) is 23.0 Å². The summed E-state index contributed by atoms with van der Waals surface area (Å²) < 4.78 is 74.5. The number of esters is 1. The van der Waals surface area contributed by atoms with Crippen LogP contribution in [0.3, 0.4) is 0 Å². The van der Waals surface area contributed by atoms with Crippen molar-refractivity contribution in [1.82, 2.24) is 0 Å². The van der Waals surface area contributed by atoms with Crippen molar-refractivity contribution < 1.29 is 65.5 Å². The third-order valence-electron chi connectivity index (χ3n) is 9.41. The maximum absolute atomic E-state index is 13.5. The molecule has 0 amide bonds. The molecule has 0 bridgehead atoms. The molecule has 2 aliphatic heterocycles. The Morgan fingerprint density at radius 1 is 0.960 bits per heavy atom. The van der Waals surface area contributed by atoms with Crippen LogP contribution in [-0.2, 0) is 49.2 Å². The molecular weight excluding hydrogens is 676 g/mol. The zero-order valence-corrected chi connectivity index (χ0v) is 29.0. The molecule has 1 saturated carbocycles. The van der Waals surface area contributed by atoms with Gasteiger partial charge >= 0.3 is 5.97 Å². The van der Waals surface area contributed by atoms with E-state index in [1.54, 1.807) is 48.5 Å². The van der Waals surface area contributed by atoms with E-state index in [1.807, 2.05) is 6.07 Å². The molecule has 2 N–H and O–H groups in total. The maximum atomic E-state index is 13.5. The lowest BCUT2D eigenvalue weighted by Gasteiger charge is -2.40. The lowest BCUT2D eigenvalue weighted by atomic mass is 9.70. The molecule has 0 radical (unpaired) electrons. The summed E-state index contributed by atoms with van der Waals surface area (Å²) in [7, 11) is 1.92. The molecule has 14 nitrogen and oxygen atoms in total. The Hall–Kier alpha value is -3.96. The SMILES string of the molecule is COC(=O)[C@H]1[C@@H](c2ccccc2)[C@@]2(c3ccc(OC)cc3)Oc3cc(O[C@@H]4O[C@@H](CCOS(C)(=O)=O)CO[C@H]4OC)cc(OC)c3[C@]2(O)[C@H]1O. The van der Waals surface area contributed by atoms with Gasteiger partial charge in [0.2, 0.25) is 6.29 Å². The molecule has 50 heavy (non-hydrogen) atoms. The van der Waals surface area contributed by atoms with Crippen LogP contribution in [0.25, 0.3) is 0 Å². The highest BCUT2D eigenvalue weighted by molar-refractivity contribution is 7.85. The number of aliphatic hydroxyl groups excluding tert-OH is 1. The van der Waals surface area contributed by atoms with Gasteiger partial charge < -0.3 is 48.1 Å². The highest BCUT2D eigenvalue weighted by Gasteiger charge is 2.78. The predicted octanol–water partition coefficient (Wildman–Crippen LogP) is 2.59. The normalized spacial score (nSPS) is 30.1. The summed E-state index contributed by atoms with van der Waals surface area (Å²) in [4.78, 5) is 13.5. The molecule has 0 spiro atoms. The van der Waals surface area contributed by atoms with Crippen molar-refractivity contribution in [2.24, 2.45) is 5.92 Å². The van der Waals surface area contributed by atoms with E-state index in [2.05, 4.69) is 0 Å². The minimum atomic E-state index is -3.64. The minimum absolute atomic E-state index is 0.0931. The van der Waals surface area contributed by atoms with Crippen LogP contribution in [0.15, 0.2) is 66.7 Å². The van der Waals surface area contributed by atoms with Gasteiger partial charge in [-0.1, -0.05) is 42.5 Å². The molecule has 0 unspecified atom stereocenters. The van der Waals surface area contributed by atoms with Gasteiger partial charge in [-0.2, -0.15) is 8.42 Å². The molecule has 2 heterocycles. The van der Waals surface area contributed by atoms with Crippen LogP contribution >= 0.6 is 0 Å². The van der Waals surface area contributed by atoms with Gasteiger partial charge in [0.15, 0.2) is 11.2 Å². The Balaban J connectivity index is 1.45. The Kier molecular flexibility index (Phi) is 10.0. The van der Waals surface area contributed by atoms with Crippen molar-refractivity contribution in [3.8, 4) is 23.0 Å². The third kappa shape index (κ3) is 6.06. The molecule has 3 aliphatic rings. The number of rotatable bonds is 12. The van der Waals surface area contributed by atoms with Gasteiger partial charge in [-0.25, -0.2) is 0 Å². The van der Waals surface area contributed by atoms with Crippen LogP contribution in [0.4, 0.5) is 0 Å². The van der Waals surface area contributed by atoms with E-state index in [0.29, 0.717) is 16.9 Å². The van der Waals surface area contributed by atoms with E-state index in [0.717, 1.165) is 6.26 Å². The number of aliphatic hydroxyl groups is 2. The van der Waals surface area contributed by atoms with E-state index < -0.39 is 63.9 Å². The average Bonchev–Trinajstić information content (AvgIpc) is 3.49. The Morgan fingerprint density at radius 2 is 1.68 bits per heavy atom. The average molecular weight is 717 g/mol. The first-order chi connectivity index (χ1) is 23.9. The zero-order valence-electron chi connectivity index (χ0n) is 28.1. The first-order valence-electron chi connectivity index (χ1n) is 15.8. The van der Waals surface area contributed by atoms with Crippen molar-refractivity contribution in [1.29, 1.82) is 0 Å².